The summed E-state index contributed by atoms with van der Waals surface area (Å²) in [4.78, 5) is 5.44. The Morgan fingerprint density at radius 1 is 1.34 bits per heavy atom. The maximum Gasteiger partial charge on any atom is 0.495 e. The Bertz CT molecular complexity index is 774. The molecule has 0 amide bonds. The fourth-order valence-corrected chi connectivity index (χ4v) is 3.27. The van der Waals surface area contributed by atoms with Crippen molar-refractivity contribution in [2.45, 2.75) is 67.1 Å². The fourth-order valence-electron chi connectivity index (χ4n) is 2.55. The molecule has 0 saturated carbocycles. The third-order valence-corrected chi connectivity index (χ3v) is 5.66. The molecule has 1 unspecified atom stereocenters. The van der Waals surface area contributed by atoms with E-state index < -0.39 is 7.12 Å². The van der Waals surface area contributed by atoms with Gasteiger partial charge in [0, 0.05) is 17.3 Å². The van der Waals surface area contributed by atoms with E-state index in [1.807, 2.05) is 71.0 Å². The van der Waals surface area contributed by atoms with Crippen LogP contribution in [0.25, 0.3) is 0 Å². The molecule has 1 aliphatic heterocycles. The number of pyridine rings is 1. The predicted molar refractivity (Wildman–Crippen MR) is 129 cm³/mol. The first-order chi connectivity index (χ1) is 13.7. The van der Waals surface area contributed by atoms with Crippen LogP contribution in [0.15, 0.2) is 60.3 Å². The molecule has 1 aromatic heterocycles. The number of allylic oxidation sites excluding steroid dienone is 4. The van der Waals surface area contributed by atoms with Gasteiger partial charge in [0.1, 0.15) is 5.82 Å². The van der Waals surface area contributed by atoms with Crippen LogP contribution in [0, 0.1) is 6.92 Å². The Morgan fingerprint density at radius 2 is 2.00 bits per heavy atom. The Kier molecular flexibility index (Phi) is 9.97. The van der Waals surface area contributed by atoms with Crippen molar-refractivity contribution in [3.63, 3.8) is 0 Å². The third kappa shape index (κ3) is 6.63. The molecule has 0 bridgehead atoms. The molecule has 2 rings (SSSR count). The highest BCUT2D eigenvalue weighted by molar-refractivity contribution is 8.04. The van der Waals surface area contributed by atoms with Crippen molar-refractivity contribution in [1.29, 1.82) is 0 Å². The van der Waals surface area contributed by atoms with Crippen LogP contribution in [-0.2, 0) is 9.31 Å². The number of aromatic nitrogens is 1. The lowest BCUT2D eigenvalue weighted by Gasteiger charge is -2.22. The summed E-state index contributed by atoms with van der Waals surface area (Å²) in [5, 5.41) is 0. The minimum absolute atomic E-state index is 0.0168. The maximum absolute atomic E-state index is 6.12. The van der Waals surface area contributed by atoms with E-state index in [9.17, 15) is 0 Å². The van der Waals surface area contributed by atoms with Crippen LogP contribution < -0.4 is 9.77 Å². The Labute approximate surface area is 182 Å². The number of anilines is 1. The Hall–Kier alpha value is -1.76. The summed E-state index contributed by atoms with van der Waals surface area (Å²) in [7, 11) is -0.395. The van der Waals surface area contributed by atoms with Crippen LogP contribution in [0.5, 0.6) is 0 Å². The number of rotatable bonds is 7. The van der Waals surface area contributed by atoms with Gasteiger partial charge in [-0.25, -0.2) is 4.98 Å². The van der Waals surface area contributed by atoms with Crippen molar-refractivity contribution in [2.24, 2.45) is 0 Å². The van der Waals surface area contributed by atoms with Crippen molar-refractivity contribution in [1.82, 2.24) is 4.98 Å². The van der Waals surface area contributed by atoms with Gasteiger partial charge < -0.3 is 9.31 Å². The molecule has 4 nitrogen and oxygen atoms in total. The minimum Gasteiger partial charge on any atom is -0.402 e. The summed E-state index contributed by atoms with van der Waals surface area (Å²) in [5.41, 5.74) is 2.85. The van der Waals surface area contributed by atoms with E-state index in [1.54, 1.807) is 12.4 Å². The molecule has 1 atom stereocenters. The van der Waals surface area contributed by atoms with E-state index in [0.717, 1.165) is 21.7 Å². The summed E-state index contributed by atoms with van der Waals surface area (Å²) < 4.78 is 14.1. The molecule has 0 spiro atoms. The summed E-state index contributed by atoms with van der Waals surface area (Å²) >= 11 is 1.48. The van der Waals surface area contributed by atoms with Gasteiger partial charge in [-0.05, 0) is 76.7 Å². The van der Waals surface area contributed by atoms with Crippen LogP contribution in [0.2, 0.25) is 0 Å². The molecule has 29 heavy (non-hydrogen) atoms. The molecule has 1 aliphatic rings. The van der Waals surface area contributed by atoms with Gasteiger partial charge in [-0.15, -0.1) is 0 Å². The number of hydrogen-bond donors (Lipinski definition) is 0. The second kappa shape index (κ2) is 11.4. The summed E-state index contributed by atoms with van der Waals surface area (Å²) in [6.45, 7) is 24.3. The molecule has 0 radical (unpaired) electrons. The quantitative estimate of drug-likeness (QED) is 0.312. The molecule has 0 aliphatic carbocycles. The standard InChI is InChI=1S/C21H29BN2O2S.C2H6/c1-9-15(3)11-12-16(4)27-24(10-2)20-17(5)19(13-14-23-20)22-25-18(6)21(7,8)26-22;1-2/h9-14,18H,2,4H2,1,3,5-8H3;1-2H3/b12-11-,15-9-;. The van der Waals surface area contributed by atoms with Gasteiger partial charge >= 0.3 is 7.12 Å². The van der Waals surface area contributed by atoms with E-state index >= 15 is 0 Å². The molecular weight excluding hydrogens is 379 g/mol. The molecule has 0 aromatic carbocycles. The molecule has 1 saturated heterocycles. The fraction of sp³-hybridized carbons (Fsp3) is 0.435. The minimum atomic E-state index is -0.395. The zero-order chi connectivity index (χ0) is 22.2. The molecule has 6 heteroatoms. The lowest BCUT2D eigenvalue weighted by Crippen LogP contribution is -2.37. The van der Waals surface area contributed by atoms with Crippen molar-refractivity contribution in [3.05, 3.63) is 65.9 Å². The van der Waals surface area contributed by atoms with Crippen LogP contribution >= 0.6 is 11.9 Å². The van der Waals surface area contributed by atoms with Gasteiger partial charge in [0.25, 0.3) is 0 Å². The zero-order valence-electron chi connectivity index (χ0n) is 19.2. The van der Waals surface area contributed by atoms with Crippen LogP contribution in [0.1, 0.15) is 54.0 Å². The highest BCUT2D eigenvalue weighted by atomic mass is 32.2. The summed E-state index contributed by atoms with van der Waals surface area (Å²) in [6.07, 6.45) is 9.62. The average molecular weight is 414 g/mol. The number of nitrogens with zero attached hydrogens (tertiary/aromatic N) is 2. The normalized spacial score (nSPS) is 18.4. The first-order valence-corrected chi connectivity index (χ1v) is 10.9. The van der Waals surface area contributed by atoms with Gasteiger partial charge in [-0.2, -0.15) is 0 Å². The monoisotopic (exact) mass is 414 g/mol. The maximum atomic E-state index is 6.12. The largest absolute Gasteiger partial charge is 0.495 e. The smallest absolute Gasteiger partial charge is 0.402 e. The predicted octanol–water partition coefficient (Wildman–Crippen LogP) is 5.96. The second-order valence-electron chi connectivity index (χ2n) is 7.11. The Balaban J connectivity index is 0.00000204. The van der Waals surface area contributed by atoms with E-state index in [4.69, 9.17) is 9.31 Å². The lowest BCUT2D eigenvalue weighted by atomic mass is 9.77. The molecule has 0 N–H and O–H groups in total. The average Bonchev–Trinajstić information content (AvgIpc) is 2.98. The van der Waals surface area contributed by atoms with Crippen molar-refractivity contribution >= 4 is 30.3 Å². The van der Waals surface area contributed by atoms with Crippen molar-refractivity contribution in [2.75, 3.05) is 4.31 Å². The Morgan fingerprint density at radius 3 is 2.52 bits per heavy atom. The van der Waals surface area contributed by atoms with E-state index in [0.29, 0.717) is 0 Å². The molecule has 158 valence electrons. The van der Waals surface area contributed by atoms with Gasteiger partial charge in [-0.1, -0.05) is 44.7 Å². The zero-order valence-corrected chi connectivity index (χ0v) is 20.0. The van der Waals surface area contributed by atoms with Crippen LogP contribution in [0.3, 0.4) is 0 Å². The van der Waals surface area contributed by atoms with Crippen LogP contribution in [-0.4, -0.2) is 23.8 Å². The third-order valence-electron chi connectivity index (χ3n) is 4.77. The number of hydrogen-bond acceptors (Lipinski definition) is 5. The summed E-state index contributed by atoms with van der Waals surface area (Å²) in [6, 6.07) is 1.95. The van der Waals surface area contributed by atoms with Gasteiger partial charge in [-0.3, -0.25) is 4.31 Å². The topological polar surface area (TPSA) is 34.6 Å². The van der Waals surface area contributed by atoms with Gasteiger partial charge in [0.2, 0.25) is 0 Å². The SMILES string of the molecule is C=CN(SC(=C)/C=C\C(C)=C/C)c1nccc(B2OC(C)C(C)(C)O2)c1C.CC. The van der Waals surface area contributed by atoms with Crippen LogP contribution in [0.4, 0.5) is 5.82 Å². The van der Waals surface area contributed by atoms with Gasteiger partial charge in [0.15, 0.2) is 0 Å². The molecule has 1 fully saturated rings. The van der Waals surface area contributed by atoms with Crippen molar-refractivity contribution in [3.8, 4) is 0 Å². The molecular formula is C23H35BN2O2S. The first-order valence-electron chi connectivity index (χ1n) is 10.1. The van der Waals surface area contributed by atoms with E-state index in [1.165, 1.54) is 17.5 Å². The highest BCUT2D eigenvalue weighted by Crippen LogP contribution is 2.31. The molecule has 2 heterocycles. The lowest BCUT2D eigenvalue weighted by molar-refractivity contribution is 0.0842. The summed E-state index contributed by atoms with van der Waals surface area (Å²) in [5.74, 6) is 0.800. The van der Waals surface area contributed by atoms with Crippen molar-refractivity contribution < 1.29 is 9.31 Å². The first kappa shape index (κ1) is 25.3. The highest BCUT2D eigenvalue weighted by Gasteiger charge is 2.44. The molecule has 1 aromatic rings. The second-order valence-corrected chi connectivity index (χ2v) is 8.21. The van der Waals surface area contributed by atoms with E-state index in [2.05, 4.69) is 31.1 Å². The van der Waals surface area contributed by atoms with Gasteiger partial charge in [0.05, 0.1) is 11.7 Å². The van der Waals surface area contributed by atoms with E-state index in [-0.39, 0.29) is 11.7 Å².